The number of nitrogens with zero attached hydrogens (tertiary/aromatic N) is 1. The molecule has 1 saturated carbocycles. The number of cyclic esters (lactones) is 4. The van der Waals surface area contributed by atoms with E-state index in [9.17, 15) is 9.59 Å². The first-order valence-corrected chi connectivity index (χ1v) is 35.6. The fraction of sp³-hybridized carbons (Fsp3) is 0.195. The van der Waals surface area contributed by atoms with Crippen LogP contribution in [-0.4, -0.2) is 117 Å². The van der Waals surface area contributed by atoms with Crippen molar-refractivity contribution in [2.24, 2.45) is 5.41 Å². The quantitative estimate of drug-likeness (QED) is 0.0404. The fourth-order valence-corrected chi connectivity index (χ4v) is 28.3. The molecule has 35 rings (SSSR count). The maximum atomic E-state index is 17.6. The number of carbonyl (C=O) groups is 4. The Hall–Kier alpha value is -11.1. The second-order valence-electron chi connectivity index (χ2n) is 32.0. The predicted molar refractivity (Wildman–Crippen MR) is 392 cm³/mol. The van der Waals surface area contributed by atoms with E-state index >= 15 is 9.59 Å². The van der Waals surface area contributed by atoms with Crippen LogP contribution < -0.4 is 4.90 Å². The van der Waals surface area contributed by atoms with Crippen LogP contribution in [-0.2, 0) is 67.9 Å². The zero-order chi connectivity index (χ0) is 63.3. The van der Waals surface area contributed by atoms with Crippen LogP contribution in [0.25, 0.3) is 297 Å². The Labute approximate surface area is 552 Å². The molecule has 13 nitrogen and oxygen atoms in total. The van der Waals surface area contributed by atoms with Crippen molar-refractivity contribution in [2.45, 2.75) is 10.8 Å². The Morgan fingerprint density at radius 2 is 0.440 bits per heavy atom. The third-order valence-corrected chi connectivity index (χ3v) is 29.7. The highest BCUT2D eigenvalue weighted by atomic mass is 16.6. The number of esters is 4. The van der Waals surface area contributed by atoms with Crippen molar-refractivity contribution in [1.82, 2.24) is 0 Å². The maximum absolute atomic E-state index is 17.6. The number of ether oxygens (including phenoxy) is 8. The normalized spacial score (nSPS) is 23.6. The van der Waals surface area contributed by atoms with E-state index in [1.54, 1.807) is 0 Å². The van der Waals surface area contributed by atoms with E-state index in [0.717, 1.165) is 27.9 Å². The van der Waals surface area contributed by atoms with Crippen molar-refractivity contribution in [3.8, 4) is 0 Å². The minimum atomic E-state index is -1.94. The van der Waals surface area contributed by atoms with Crippen LogP contribution >= 0.6 is 0 Å². The van der Waals surface area contributed by atoms with Gasteiger partial charge < -0.3 is 42.8 Å². The number of hydrogen-bond acceptors (Lipinski definition) is 13. The summed E-state index contributed by atoms with van der Waals surface area (Å²) >= 11 is 0. The molecule has 29 aromatic rings. The molecule has 100 heavy (non-hydrogen) atoms. The van der Waals surface area contributed by atoms with E-state index in [0.29, 0.717) is 5.56 Å². The highest BCUT2D eigenvalue weighted by molar-refractivity contribution is 6.82. The van der Waals surface area contributed by atoms with Gasteiger partial charge in [-0.2, -0.15) is 0 Å². The second-order valence-corrected chi connectivity index (χ2v) is 32.0. The first-order chi connectivity index (χ1) is 49.4. The summed E-state index contributed by atoms with van der Waals surface area (Å²) in [4.78, 5) is 64.5. The van der Waals surface area contributed by atoms with E-state index in [4.69, 9.17) is 37.9 Å². The van der Waals surface area contributed by atoms with Gasteiger partial charge in [-0.1, -0.05) is 12.1 Å². The number of carbonyl (C=O) groups excluding carboxylic acids is 4. The zero-order valence-electron chi connectivity index (χ0n) is 52.7. The summed E-state index contributed by atoms with van der Waals surface area (Å²) in [6.07, 6.45) is 1.46. The van der Waals surface area contributed by atoms with Crippen molar-refractivity contribution in [3.63, 3.8) is 0 Å². The Morgan fingerprint density at radius 3 is 0.650 bits per heavy atom. The monoisotopic (exact) mass is 1290 g/mol. The highest BCUT2D eigenvalue weighted by Crippen LogP contribution is 2.96. The Morgan fingerprint density at radius 1 is 0.250 bits per heavy atom. The molecule has 0 N–H and O–H groups in total. The summed E-state index contributed by atoms with van der Waals surface area (Å²) in [7, 11) is 3.87. The third-order valence-electron chi connectivity index (χ3n) is 29.7. The molecule has 13 heteroatoms. The summed E-state index contributed by atoms with van der Waals surface area (Å²) in [6.45, 7) is 0.236. The molecule has 5 aliphatic carbocycles. The number of rotatable bonds is 2. The van der Waals surface area contributed by atoms with Crippen molar-refractivity contribution in [2.75, 3.05) is 98.3 Å². The molecule has 1 heterocycles. The van der Waals surface area contributed by atoms with E-state index in [2.05, 4.69) is 0 Å². The first-order valence-electron chi connectivity index (χ1n) is 35.6. The highest BCUT2D eigenvalue weighted by Gasteiger charge is 3.01. The van der Waals surface area contributed by atoms with Crippen molar-refractivity contribution >= 4 is 326 Å². The molecule has 3 spiro atoms. The average Bonchev–Trinajstić information content (AvgIpc) is 1.35. The van der Waals surface area contributed by atoms with Crippen LogP contribution in [0.4, 0.5) is 5.69 Å². The van der Waals surface area contributed by atoms with Gasteiger partial charge in [0.25, 0.3) is 0 Å². The molecular formula is C87H35NO12. The molecule has 0 bridgehead atoms. The van der Waals surface area contributed by atoms with Gasteiger partial charge in [-0.25, -0.2) is 9.59 Å². The van der Waals surface area contributed by atoms with Gasteiger partial charge in [0.05, 0.1) is 63.7 Å². The molecule has 29 aromatic carbocycles. The standard InChI is InChI=1S/C87H35NO12/c1-88(2)21-5-3-20(4-6-21)19-22-81(89)97-15-11-93-7-9-95-13-17-99-83(91)87(84(92)100-18-14-96-10-8-94-12-16-98-82(22)90)85-77-69-61-51-41-33-25-23-24-27-31-29(25)37-45-39(31)49-43-35(27)36-28(24)32-30-26(23)34(33)42-48-38(30)46-40(32)50-44(36)54-53(43)63-57(49)67-59(45)65(55(61)47(37)41)73(77)75(67)79-71(63)72-64(54)58(50)68-60(46)66-56(48)62(52(42)51)70(69)78(85)74(66)76(68)80(72)86(79,85)87/h3-6,19H,7-18H2,1-2H3. The maximum Gasteiger partial charge on any atom is 0.345 e. The summed E-state index contributed by atoms with van der Waals surface area (Å²) in [6, 6.07) is 7.42. The Bertz CT molecular complexity index is 7930. The van der Waals surface area contributed by atoms with Crippen LogP contribution in [0.5, 0.6) is 0 Å². The zero-order valence-corrected chi connectivity index (χ0v) is 52.7. The van der Waals surface area contributed by atoms with Gasteiger partial charge in [0.15, 0.2) is 5.41 Å². The van der Waals surface area contributed by atoms with E-state index in [1.807, 2.05) is 43.3 Å². The summed E-state index contributed by atoms with van der Waals surface area (Å²) in [5.74, 6) is -2.81. The van der Waals surface area contributed by atoms with Gasteiger partial charge in [0.1, 0.15) is 32.0 Å². The molecule has 0 atom stereocenters. The third kappa shape index (κ3) is 3.29. The van der Waals surface area contributed by atoms with Gasteiger partial charge in [-0.3, -0.25) is 9.59 Å². The van der Waals surface area contributed by atoms with Crippen molar-refractivity contribution < 1.29 is 57.1 Å². The molecule has 6 aliphatic rings. The summed E-state index contributed by atoms with van der Waals surface area (Å²) in [5.41, 5.74) is 1.48. The largest absolute Gasteiger partial charge is 0.462 e. The molecule has 0 radical (unpaired) electrons. The molecule has 0 unspecified atom stereocenters. The molecule has 1 aliphatic heterocycles. The molecule has 460 valence electrons. The smallest absolute Gasteiger partial charge is 0.345 e. The van der Waals surface area contributed by atoms with E-state index < -0.39 is 40.1 Å². The first kappa shape index (κ1) is 46.3. The summed E-state index contributed by atoms with van der Waals surface area (Å²) < 4.78 is 49.7. The lowest BCUT2D eigenvalue weighted by Gasteiger charge is -2.32. The minimum Gasteiger partial charge on any atom is -0.462 e. The van der Waals surface area contributed by atoms with E-state index in [1.165, 1.54) is 297 Å². The number of hydrogen-bond donors (Lipinski definition) is 0. The number of benzene rings is 19. The Kier molecular flexibility index (Phi) is 5.82. The topological polar surface area (TPSA) is 145 Å². The lowest BCUT2D eigenvalue weighted by molar-refractivity contribution is -0.168. The van der Waals surface area contributed by atoms with Crippen molar-refractivity contribution in [1.29, 1.82) is 0 Å². The van der Waals surface area contributed by atoms with Gasteiger partial charge in [0.2, 0.25) is 0 Å². The SMILES string of the molecule is CN(C)c1ccc(C=C2C(=O)OCCOCCOCCOC(=O)C3(C(=O)OCCOCCOCCOC2=O)C24c5c6c7c8c9c%10c(c%11c%12c2c2c5c5c%13c6c6c7c7c9c9c%14c%10c%10c%11c%11c%12c%12c2c2c5c5c%13c%13c6c6c7c9c7c9c%14c%10c%10c%11c%11c%12c2c2c5c5c%13c6c7c6c9c%10c%11c2c56)C834)cc1. The number of anilines is 1. The molecule has 2 fully saturated rings. The van der Waals surface area contributed by atoms with Crippen LogP contribution in [0.1, 0.15) is 27.8 Å². The van der Waals surface area contributed by atoms with Gasteiger partial charge in [-0.05, 0) is 337 Å². The predicted octanol–water partition coefficient (Wildman–Crippen LogP) is 16.7. The van der Waals surface area contributed by atoms with Crippen molar-refractivity contribution in [3.05, 3.63) is 57.7 Å². The van der Waals surface area contributed by atoms with Gasteiger partial charge in [-0.15, -0.1) is 0 Å². The van der Waals surface area contributed by atoms with Crippen LogP contribution in [0.15, 0.2) is 29.8 Å². The lowest BCUT2D eigenvalue weighted by atomic mass is 9.68. The Balaban J connectivity index is 0.651. The lowest BCUT2D eigenvalue weighted by Crippen LogP contribution is -2.39. The average molecular weight is 1290 g/mol. The van der Waals surface area contributed by atoms with Crippen LogP contribution in [0.3, 0.4) is 0 Å². The van der Waals surface area contributed by atoms with E-state index in [-0.39, 0.29) is 84.9 Å². The second kappa shape index (κ2) is 12.6. The van der Waals surface area contributed by atoms with Crippen LogP contribution in [0, 0.1) is 5.41 Å². The summed E-state index contributed by atoms with van der Waals surface area (Å²) in [5, 5.41) is 76.3. The van der Waals surface area contributed by atoms with Crippen LogP contribution in [0.2, 0.25) is 0 Å². The molecule has 0 amide bonds. The molecular weight excluding hydrogens is 1250 g/mol. The van der Waals surface area contributed by atoms with Gasteiger partial charge in [0, 0.05) is 19.8 Å². The fourth-order valence-electron chi connectivity index (χ4n) is 28.3. The van der Waals surface area contributed by atoms with Gasteiger partial charge >= 0.3 is 23.9 Å². The molecule has 1 saturated heterocycles. The minimum absolute atomic E-state index is 0.0351. The molecule has 0 aromatic heterocycles.